The molecule has 1 atom stereocenters. The van der Waals surface area contributed by atoms with Crippen LogP contribution in [0.25, 0.3) is 0 Å². The van der Waals surface area contributed by atoms with Crippen molar-refractivity contribution in [2.75, 3.05) is 19.6 Å². The van der Waals surface area contributed by atoms with Crippen molar-refractivity contribution in [1.29, 1.82) is 0 Å². The van der Waals surface area contributed by atoms with E-state index in [1.54, 1.807) is 30.3 Å². The number of carbonyl (C=O) groups excluding carboxylic acids is 1. The first-order valence-corrected chi connectivity index (χ1v) is 12.9. The van der Waals surface area contributed by atoms with Crippen LogP contribution in [0.3, 0.4) is 0 Å². The lowest BCUT2D eigenvalue weighted by atomic mass is 10.00. The second kappa shape index (κ2) is 10.6. The molecule has 3 rings (SSSR count). The standard InChI is InChI=1S/C22H29BrN2O4S/c1-2-18-6-3-4-14-25(18)15-5-13-24-22(26)21-12-9-19(29-21)16-30(27,28)20-10-7-17(23)8-11-20/h7-12,18H,2-6,13-16H2,1H3,(H,24,26)/t18-/m0/s1. The fourth-order valence-corrected chi connectivity index (χ4v) is 5.39. The van der Waals surface area contributed by atoms with E-state index >= 15 is 0 Å². The molecule has 1 fully saturated rings. The van der Waals surface area contributed by atoms with E-state index in [2.05, 4.69) is 33.1 Å². The quantitative estimate of drug-likeness (QED) is 0.520. The van der Waals surface area contributed by atoms with E-state index in [0.29, 0.717) is 12.6 Å². The Morgan fingerprint density at radius 1 is 1.20 bits per heavy atom. The van der Waals surface area contributed by atoms with Crippen LogP contribution in [0.4, 0.5) is 0 Å². The molecule has 0 unspecified atom stereocenters. The number of rotatable bonds is 9. The molecule has 1 aromatic heterocycles. The Hall–Kier alpha value is -1.64. The van der Waals surface area contributed by atoms with Crippen molar-refractivity contribution >= 4 is 31.7 Å². The van der Waals surface area contributed by atoms with Crippen LogP contribution in [0, 0.1) is 0 Å². The number of piperidine rings is 1. The summed E-state index contributed by atoms with van der Waals surface area (Å²) in [4.78, 5) is 15.1. The lowest BCUT2D eigenvalue weighted by Crippen LogP contribution is -2.40. The van der Waals surface area contributed by atoms with E-state index in [1.807, 2.05) is 0 Å². The van der Waals surface area contributed by atoms with Crippen molar-refractivity contribution in [3.05, 3.63) is 52.4 Å². The van der Waals surface area contributed by atoms with Gasteiger partial charge in [-0.25, -0.2) is 8.42 Å². The Bertz CT molecular complexity index is 940. The molecule has 1 N–H and O–H groups in total. The zero-order valence-electron chi connectivity index (χ0n) is 17.3. The molecule has 1 aromatic carbocycles. The van der Waals surface area contributed by atoms with Gasteiger partial charge < -0.3 is 14.6 Å². The number of carbonyl (C=O) groups is 1. The molecule has 30 heavy (non-hydrogen) atoms. The van der Waals surface area contributed by atoms with Gasteiger partial charge in [-0.2, -0.15) is 0 Å². The summed E-state index contributed by atoms with van der Waals surface area (Å²) < 4.78 is 31.4. The van der Waals surface area contributed by atoms with Crippen molar-refractivity contribution in [3.8, 4) is 0 Å². The van der Waals surface area contributed by atoms with Crippen LogP contribution in [0.5, 0.6) is 0 Å². The Morgan fingerprint density at radius 2 is 1.97 bits per heavy atom. The molecule has 0 aliphatic carbocycles. The van der Waals surface area contributed by atoms with Gasteiger partial charge in [-0.05, 0) is 68.6 Å². The third-order valence-corrected chi connectivity index (χ3v) is 7.70. The van der Waals surface area contributed by atoms with Crippen LogP contribution in [0.15, 0.2) is 50.2 Å². The molecule has 6 nitrogen and oxygen atoms in total. The molecule has 2 heterocycles. The highest BCUT2D eigenvalue weighted by Gasteiger charge is 2.21. The van der Waals surface area contributed by atoms with Crippen LogP contribution in [-0.4, -0.2) is 44.9 Å². The number of furan rings is 1. The highest BCUT2D eigenvalue weighted by atomic mass is 79.9. The molecular formula is C22H29BrN2O4S. The van der Waals surface area contributed by atoms with Gasteiger partial charge >= 0.3 is 0 Å². The topological polar surface area (TPSA) is 79.6 Å². The van der Waals surface area contributed by atoms with E-state index in [0.717, 1.165) is 24.0 Å². The van der Waals surface area contributed by atoms with Gasteiger partial charge in [0.15, 0.2) is 15.6 Å². The smallest absolute Gasteiger partial charge is 0.286 e. The van der Waals surface area contributed by atoms with E-state index in [9.17, 15) is 13.2 Å². The molecule has 0 saturated carbocycles. The first-order chi connectivity index (χ1) is 14.4. The predicted octanol–water partition coefficient (Wildman–Crippen LogP) is 4.40. The Balaban J connectivity index is 1.48. The number of sulfone groups is 1. The first-order valence-electron chi connectivity index (χ1n) is 10.5. The fourth-order valence-electron chi connectivity index (χ4n) is 3.88. The molecule has 1 aliphatic rings. The van der Waals surface area contributed by atoms with E-state index < -0.39 is 9.84 Å². The first kappa shape index (κ1) is 23.0. The minimum atomic E-state index is -3.54. The number of hydrogen-bond acceptors (Lipinski definition) is 5. The molecule has 1 amide bonds. The van der Waals surface area contributed by atoms with Crippen LogP contribution in [-0.2, 0) is 15.6 Å². The minimum Gasteiger partial charge on any atom is -0.455 e. The van der Waals surface area contributed by atoms with E-state index in [-0.39, 0.29) is 28.1 Å². The maximum Gasteiger partial charge on any atom is 0.286 e. The predicted molar refractivity (Wildman–Crippen MR) is 120 cm³/mol. The van der Waals surface area contributed by atoms with Crippen LogP contribution in [0.1, 0.15) is 55.3 Å². The van der Waals surface area contributed by atoms with Gasteiger partial charge in [0.2, 0.25) is 0 Å². The molecule has 0 radical (unpaired) electrons. The summed E-state index contributed by atoms with van der Waals surface area (Å²) in [6, 6.07) is 10.2. The summed E-state index contributed by atoms with van der Waals surface area (Å²) in [6.07, 6.45) is 5.88. The monoisotopic (exact) mass is 496 g/mol. The molecule has 8 heteroatoms. The third-order valence-electron chi connectivity index (χ3n) is 5.52. The van der Waals surface area contributed by atoms with Crippen molar-refractivity contribution in [2.24, 2.45) is 0 Å². The van der Waals surface area contributed by atoms with Gasteiger partial charge in [-0.3, -0.25) is 4.79 Å². The molecule has 0 spiro atoms. The molecule has 1 saturated heterocycles. The lowest BCUT2D eigenvalue weighted by molar-refractivity contribution is 0.0918. The average molecular weight is 497 g/mol. The van der Waals surface area contributed by atoms with Crippen molar-refractivity contribution in [3.63, 3.8) is 0 Å². The summed E-state index contributed by atoms with van der Waals surface area (Å²) in [5.74, 6) is -0.203. The number of nitrogens with one attached hydrogen (secondary N) is 1. The van der Waals surface area contributed by atoms with Crippen molar-refractivity contribution in [2.45, 2.75) is 55.7 Å². The van der Waals surface area contributed by atoms with Gasteiger partial charge in [0, 0.05) is 23.6 Å². The zero-order chi connectivity index (χ0) is 21.6. The molecule has 0 bridgehead atoms. The van der Waals surface area contributed by atoms with Gasteiger partial charge in [0.25, 0.3) is 5.91 Å². The number of halogens is 1. The minimum absolute atomic E-state index is 0.139. The number of benzene rings is 1. The Morgan fingerprint density at radius 3 is 2.70 bits per heavy atom. The number of likely N-dealkylation sites (tertiary alicyclic amines) is 1. The summed E-state index contributed by atoms with van der Waals surface area (Å²) >= 11 is 3.29. The molecule has 1 aliphatic heterocycles. The van der Waals surface area contributed by atoms with Gasteiger partial charge in [0.05, 0.1) is 4.90 Å². The maximum absolute atomic E-state index is 12.5. The second-order valence-electron chi connectivity index (χ2n) is 7.68. The zero-order valence-corrected chi connectivity index (χ0v) is 19.7. The van der Waals surface area contributed by atoms with Crippen LogP contribution >= 0.6 is 15.9 Å². The SMILES string of the molecule is CC[C@H]1CCCCN1CCCNC(=O)c1ccc(CS(=O)(=O)c2ccc(Br)cc2)o1. The van der Waals surface area contributed by atoms with Crippen LogP contribution in [0.2, 0.25) is 0 Å². The fraction of sp³-hybridized carbons (Fsp3) is 0.500. The molecule has 2 aromatic rings. The second-order valence-corrected chi connectivity index (χ2v) is 10.6. The van der Waals surface area contributed by atoms with E-state index in [4.69, 9.17) is 4.42 Å². The van der Waals surface area contributed by atoms with E-state index in [1.165, 1.54) is 31.7 Å². The Labute approximate surface area is 187 Å². The van der Waals surface area contributed by atoms with Gasteiger partial charge in [-0.15, -0.1) is 0 Å². The summed E-state index contributed by atoms with van der Waals surface area (Å²) in [6.45, 7) is 4.92. The normalized spacial score (nSPS) is 17.7. The highest BCUT2D eigenvalue weighted by Crippen LogP contribution is 2.21. The average Bonchev–Trinajstić information content (AvgIpc) is 3.19. The van der Waals surface area contributed by atoms with Crippen molar-refractivity contribution < 1.29 is 17.6 Å². The summed E-state index contributed by atoms with van der Waals surface area (Å²) in [5.41, 5.74) is 0. The molecule has 164 valence electrons. The lowest BCUT2D eigenvalue weighted by Gasteiger charge is -2.35. The maximum atomic E-state index is 12.5. The largest absolute Gasteiger partial charge is 0.455 e. The number of hydrogen-bond donors (Lipinski definition) is 1. The van der Waals surface area contributed by atoms with Gasteiger partial charge in [0.1, 0.15) is 11.5 Å². The summed E-state index contributed by atoms with van der Waals surface area (Å²) in [5, 5.41) is 2.87. The Kier molecular flexibility index (Phi) is 8.13. The van der Waals surface area contributed by atoms with Crippen molar-refractivity contribution in [1.82, 2.24) is 10.2 Å². The van der Waals surface area contributed by atoms with Gasteiger partial charge in [-0.1, -0.05) is 29.3 Å². The van der Waals surface area contributed by atoms with Crippen LogP contribution < -0.4 is 5.32 Å². The third kappa shape index (κ3) is 6.18. The summed E-state index contributed by atoms with van der Waals surface area (Å²) in [7, 11) is -3.54. The number of nitrogens with zero attached hydrogens (tertiary/aromatic N) is 1. The highest BCUT2D eigenvalue weighted by molar-refractivity contribution is 9.10. The number of amides is 1. The molecular weight excluding hydrogens is 468 g/mol.